The highest BCUT2D eigenvalue weighted by Crippen LogP contribution is 2.28. The van der Waals surface area contributed by atoms with Crippen molar-refractivity contribution in [2.75, 3.05) is 7.11 Å². The number of methoxy groups -OCH3 is 1. The summed E-state index contributed by atoms with van der Waals surface area (Å²) in [5.41, 5.74) is 2.09. The fourth-order valence-corrected chi connectivity index (χ4v) is 3.20. The number of imidazole rings is 1. The molecule has 0 saturated heterocycles. The topological polar surface area (TPSA) is 27.1 Å². The molecule has 2 rings (SSSR count). The molecule has 21 heavy (non-hydrogen) atoms. The predicted octanol–water partition coefficient (Wildman–Crippen LogP) is 4.71. The molecule has 0 fully saturated rings. The summed E-state index contributed by atoms with van der Waals surface area (Å²) in [5, 5.41) is 0. The van der Waals surface area contributed by atoms with Crippen LogP contribution in [0.2, 0.25) is 0 Å². The van der Waals surface area contributed by atoms with Gasteiger partial charge in [-0.25, -0.2) is 4.98 Å². The highest BCUT2D eigenvalue weighted by atomic mass is 35.5. The average Bonchev–Trinajstić information content (AvgIpc) is 2.80. The first-order chi connectivity index (χ1) is 9.97. The highest BCUT2D eigenvalue weighted by molar-refractivity contribution is 6.16. The largest absolute Gasteiger partial charge is 0.497 e. The van der Waals surface area contributed by atoms with E-state index in [0.717, 1.165) is 29.2 Å². The molecule has 0 aliphatic rings. The zero-order chi connectivity index (χ0) is 15.6. The van der Waals surface area contributed by atoms with Gasteiger partial charge >= 0.3 is 0 Å². The van der Waals surface area contributed by atoms with Crippen LogP contribution in [0.3, 0.4) is 0 Å². The molecule has 1 aromatic heterocycles. The second kappa shape index (κ2) is 6.69. The fourth-order valence-electron chi connectivity index (χ4n) is 2.99. The number of fused-ring (bicyclic) bond motifs is 1. The normalized spacial score (nSPS) is 12.0. The molecule has 0 bridgehead atoms. The molecule has 0 aliphatic carbocycles. The van der Waals surface area contributed by atoms with Crippen LogP contribution in [0.4, 0.5) is 0 Å². The second-order valence-corrected chi connectivity index (χ2v) is 6.55. The van der Waals surface area contributed by atoms with Gasteiger partial charge in [0.25, 0.3) is 0 Å². The van der Waals surface area contributed by atoms with E-state index in [4.69, 9.17) is 16.3 Å². The molecule has 0 radical (unpaired) electrons. The maximum atomic E-state index is 6.11. The molecule has 0 spiro atoms. The standard InChI is InChI=1S/C17H25ClN2O/c1-11(2)14(12(3)4)10-20-16-7-6-13(21-5)8-15(16)19-17(20)9-18/h6-8,11-12,14H,9-10H2,1-5H3. The molecule has 3 nitrogen and oxygen atoms in total. The summed E-state index contributed by atoms with van der Waals surface area (Å²) in [6, 6.07) is 6.04. The summed E-state index contributed by atoms with van der Waals surface area (Å²) < 4.78 is 7.55. The summed E-state index contributed by atoms with van der Waals surface area (Å²) in [7, 11) is 1.67. The van der Waals surface area contributed by atoms with Gasteiger partial charge in [-0.3, -0.25) is 0 Å². The summed E-state index contributed by atoms with van der Waals surface area (Å²) in [5.74, 6) is 4.06. The monoisotopic (exact) mass is 308 g/mol. The molecule has 116 valence electrons. The van der Waals surface area contributed by atoms with Crippen LogP contribution < -0.4 is 4.74 Å². The lowest BCUT2D eigenvalue weighted by Crippen LogP contribution is -2.22. The highest BCUT2D eigenvalue weighted by Gasteiger charge is 2.21. The van der Waals surface area contributed by atoms with Gasteiger partial charge in [-0.1, -0.05) is 27.7 Å². The Balaban J connectivity index is 2.46. The molecule has 0 amide bonds. The van der Waals surface area contributed by atoms with Gasteiger partial charge in [0, 0.05) is 12.6 Å². The Hall–Kier alpha value is -1.22. The number of halogens is 1. The zero-order valence-corrected chi connectivity index (χ0v) is 14.3. The lowest BCUT2D eigenvalue weighted by molar-refractivity contribution is 0.252. The van der Waals surface area contributed by atoms with Crippen LogP contribution in [0, 0.1) is 17.8 Å². The number of hydrogen-bond donors (Lipinski definition) is 0. The van der Waals surface area contributed by atoms with Crippen molar-refractivity contribution in [3.63, 3.8) is 0 Å². The molecule has 0 aliphatic heterocycles. The SMILES string of the molecule is COc1ccc2c(c1)nc(CCl)n2CC(C(C)C)C(C)C. The van der Waals surface area contributed by atoms with Crippen molar-refractivity contribution in [1.29, 1.82) is 0 Å². The van der Waals surface area contributed by atoms with Gasteiger partial charge < -0.3 is 9.30 Å². The molecule has 0 atom stereocenters. The summed E-state index contributed by atoms with van der Waals surface area (Å²) in [6.07, 6.45) is 0. The van der Waals surface area contributed by atoms with Crippen LogP contribution in [-0.2, 0) is 12.4 Å². The van der Waals surface area contributed by atoms with E-state index in [2.05, 4.69) is 43.3 Å². The average molecular weight is 309 g/mol. The number of hydrogen-bond acceptors (Lipinski definition) is 2. The van der Waals surface area contributed by atoms with E-state index in [1.165, 1.54) is 0 Å². The van der Waals surface area contributed by atoms with Gasteiger partial charge in [-0.05, 0) is 29.9 Å². The maximum absolute atomic E-state index is 6.11. The number of aromatic nitrogens is 2. The Morgan fingerprint density at radius 3 is 2.38 bits per heavy atom. The van der Waals surface area contributed by atoms with E-state index in [1.807, 2.05) is 12.1 Å². The van der Waals surface area contributed by atoms with E-state index < -0.39 is 0 Å². The minimum atomic E-state index is 0.430. The van der Waals surface area contributed by atoms with Crippen molar-refractivity contribution < 1.29 is 4.74 Å². The van der Waals surface area contributed by atoms with Crippen molar-refractivity contribution in [3.05, 3.63) is 24.0 Å². The van der Waals surface area contributed by atoms with Gasteiger partial charge in [0.1, 0.15) is 11.6 Å². The molecule has 0 unspecified atom stereocenters. The third kappa shape index (κ3) is 3.34. The Labute approximate surface area is 132 Å². The molecule has 0 N–H and O–H groups in total. The number of benzene rings is 1. The Morgan fingerprint density at radius 1 is 1.19 bits per heavy atom. The zero-order valence-electron chi connectivity index (χ0n) is 13.6. The van der Waals surface area contributed by atoms with Crippen LogP contribution in [0.15, 0.2) is 18.2 Å². The van der Waals surface area contributed by atoms with Gasteiger partial charge in [0.15, 0.2) is 0 Å². The van der Waals surface area contributed by atoms with Crippen LogP contribution >= 0.6 is 11.6 Å². The van der Waals surface area contributed by atoms with Crippen LogP contribution in [-0.4, -0.2) is 16.7 Å². The fraction of sp³-hybridized carbons (Fsp3) is 0.588. The summed E-state index contributed by atoms with van der Waals surface area (Å²) >= 11 is 6.11. The third-order valence-corrected chi connectivity index (χ3v) is 4.50. The van der Waals surface area contributed by atoms with E-state index in [0.29, 0.717) is 23.6 Å². The number of ether oxygens (including phenoxy) is 1. The van der Waals surface area contributed by atoms with Crippen molar-refractivity contribution in [1.82, 2.24) is 9.55 Å². The molecule has 1 heterocycles. The molecule has 4 heteroatoms. The van der Waals surface area contributed by atoms with Crippen LogP contribution in [0.25, 0.3) is 11.0 Å². The van der Waals surface area contributed by atoms with E-state index in [-0.39, 0.29) is 0 Å². The second-order valence-electron chi connectivity index (χ2n) is 6.28. The van der Waals surface area contributed by atoms with Gasteiger partial charge in [-0.2, -0.15) is 0 Å². The lowest BCUT2D eigenvalue weighted by atomic mass is 9.85. The smallest absolute Gasteiger partial charge is 0.124 e. The quantitative estimate of drug-likeness (QED) is 0.722. The van der Waals surface area contributed by atoms with E-state index >= 15 is 0 Å². The van der Waals surface area contributed by atoms with E-state index in [1.54, 1.807) is 7.11 Å². The van der Waals surface area contributed by atoms with Gasteiger partial charge in [-0.15, -0.1) is 11.6 Å². The van der Waals surface area contributed by atoms with E-state index in [9.17, 15) is 0 Å². The van der Waals surface area contributed by atoms with Gasteiger partial charge in [0.05, 0.1) is 24.0 Å². The van der Waals surface area contributed by atoms with Crippen molar-refractivity contribution in [2.45, 2.75) is 40.1 Å². The molecule has 1 aromatic carbocycles. The number of nitrogens with zero attached hydrogens (tertiary/aromatic N) is 2. The maximum Gasteiger partial charge on any atom is 0.124 e. The third-order valence-electron chi connectivity index (χ3n) is 4.26. The minimum Gasteiger partial charge on any atom is -0.497 e. The van der Waals surface area contributed by atoms with Crippen LogP contribution in [0.5, 0.6) is 5.75 Å². The summed E-state index contributed by atoms with van der Waals surface area (Å²) in [6.45, 7) is 10.1. The Bertz CT molecular complexity index is 596. The first-order valence-electron chi connectivity index (χ1n) is 7.57. The van der Waals surface area contributed by atoms with Gasteiger partial charge in [0.2, 0.25) is 0 Å². The first-order valence-corrected chi connectivity index (χ1v) is 8.10. The molecular weight excluding hydrogens is 284 g/mol. The summed E-state index contributed by atoms with van der Waals surface area (Å²) in [4.78, 5) is 4.66. The Kier molecular flexibility index (Phi) is 5.15. The van der Waals surface area contributed by atoms with Crippen molar-refractivity contribution >= 4 is 22.6 Å². The number of alkyl halides is 1. The molecular formula is C17H25ClN2O. The first kappa shape index (κ1) is 16.2. The molecule has 2 aromatic rings. The Morgan fingerprint density at radius 2 is 1.86 bits per heavy atom. The lowest BCUT2D eigenvalue weighted by Gasteiger charge is -2.26. The molecule has 0 saturated carbocycles. The van der Waals surface area contributed by atoms with Crippen molar-refractivity contribution in [2.24, 2.45) is 17.8 Å². The predicted molar refractivity (Wildman–Crippen MR) is 89.0 cm³/mol. The van der Waals surface area contributed by atoms with Crippen molar-refractivity contribution in [3.8, 4) is 5.75 Å². The minimum absolute atomic E-state index is 0.430. The van der Waals surface area contributed by atoms with Crippen LogP contribution in [0.1, 0.15) is 33.5 Å². The number of rotatable bonds is 6.